The largest absolute Gasteiger partial charge is 0.481 e. The van der Waals surface area contributed by atoms with Crippen LogP contribution in [0.5, 0.6) is 0 Å². The molecule has 5 aliphatic carbocycles. The maximum Gasteiger partial charge on any atom is 0.315 e. The molecular formula is C48H76O19. The van der Waals surface area contributed by atoms with Crippen LogP contribution in [0.2, 0.25) is 0 Å². The fourth-order valence-electron chi connectivity index (χ4n) is 15.4. The van der Waals surface area contributed by atoms with Crippen LogP contribution in [-0.2, 0) is 38.0 Å². The molecule has 3 aliphatic heterocycles. The number of hydrogen-bond donors (Lipinski definition) is 11. The van der Waals surface area contributed by atoms with Crippen LogP contribution in [0.4, 0.5) is 0 Å². The monoisotopic (exact) mass is 956 g/mol. The zero-order valence-corrected chi connectivity index (χ0v) is 39.7. The smallest absolute Gasteiger partial charge is 0.315 e. The van der Waals surface area contributed by atoms with Crippen LogP contribution < -0.4 is 0 Å². The number of carbonyl (C=O) groups is 2. The Kier molecular flexibility index (Phi) is 14.0. The Morgan fingerprint density at radius 1 is 0.657 bits per heavy atom. The van der Waals surface area contributed by atoms with Gasteiger partial charge in [0.05, 0.1) is 36.3 Å². The van der Waals surface area contributed by atoms with Crippen molar-refractivity contribution < 1.29 is 94.2 Å². The van der Waals surface area contributed by atoms with Gasteiger partial charge >= 0.3 is 11.9 Å². The third kappa shape index (κ3) is 7.70. The van der Waals surface area contributed by atoms with E-state index < -0.39 is 151 Å². The van der Waals surface area contributed by atoms with Crippen molar-refractivity contribution in [3.63, 3.8) is 0 Å². The van der Waals surface area contributed by atoms with Crippen molar-refractivity contribution in [3.8, 4) is 0 Å². The number of aliphatic hydroxyl groups is 10. The molecule has 0 aromatic rings. The summed E-state index contributed by atoms with van der Waals surface area (Å²) in [6.07, 6.45) is -16.3. The molecule has 25 atom stereocenters. The van der Waals surface area contributed by atoms with E-state index in [-0.39, 0.29) is 41.9 Å². The first-order valence-electron chi connectivity index (χ1n) is 24.5. The number of rotatable bonds is 9. The van der Waals surface area contributed by atoms with Gasteiger partial charge in [-0.1, -0.05) is 53.2 Å². The molecule has 8 rings (SSSR count). The molecule has 382 valence electrons. The fourth-order valence-corrected chi connectivity index (χ4v) is 15.4. The average molecular weight is 957 g/mol. The van der Waals surface area contributed by atoms with Gasteiger partial charge in [0.15, 0.2) is 12.6 Å². The Balaban J connectivity index is 1.03. The van der Waals surface area contributed by atoms with Crippen LogP contribution in [0.15, 0.2) is 11.6 Å². The van der Waals surface area contributed by atoms with Crippen molar-refractivity contribution in [2.24, 2.45) is 56.7 Å². The summed E-state index contributed by atoms with van der Waals surface area (Å²) < 4.78 is 35.6. The molecule has 0 radical (unpaired) electrons. The van der Waals surface area contributed by atoms with Gasteiger partial charge in [0, 0.05) is 0 Å². The number of carbonyl (C=O) groups excluding carboxylic acids is 1. The first-order chi connectivity index (χ1) is 31.4. The van der Waals surface area contributed by atoms with E-state index in [0.29, 0.717) is 44.9 Å². The molecule has 19 heteroatoms. The van der Waals surface area contributed by atoms with E-state index in [4.69, 9.17) is 28.4 Å². The van der Waals surface area contributed by atoms with E-state index in [9.17, 15) is 65.8 Å². The predicted molar refractivity (Wildman–Crippen MR) is 231 cm³/mol. The highest BCUT2D eigenvalue weighted by molar-refractivity contribution is 5.85. The lowest BCUT2D eigenvalue weighted by atomic mass is 9.33. The second-order valence-electron chi connectivity index (χ2n) is 22.8. The summed E-state index contributed by atoms with van der Waals surface area (Å²) in [5, 5.41) is 117. The second kappa shape index (κ2) is 18.3. The third-order valence-corrected chi connectivity index (χ3v) is 19.4. The lowest BCUT2D eigenvalue weighted by Crippen LogP contribution is -2.68. The minimum Gasteiger partial charge on any atom is -0.481 e. The normalized spacial score (nSPS) is 54.0. The summed E-state index contributed by atoms with van der Waals surface area (Å²) in [6.45, 7) is 13.1. The van der Waals surface area contributed by atoms with E-state index in [2.05, 4.69) is 47.6 Å². The molecule has 0 spiro atoms. The molecule has 4 saturated carbocycles. The first kappa shape index (κ1) is 51.4. The molecule has 8 aliphatic rings. The van der Waals surface area contributed by atoms with Crippen LogP contribution in [0, 0.1) is 56.7 Å². The van der Waals surface area contributed by atoms with Crippen molar-refractivity contribution >= 4 is 11.9 Å². The van der Waals surface area contributed by atoms with Gasteiger partial charge in [-0.25, -0.2) is 0 Å². The van der Waals surface area contributed by atoms with Gasteiger partial charge in [-0.15, -0.1) is 0 Å². The summed E-state index contributed by atoms with van der Waals surface area (Å²) in [7, 11) is 0. The van der Waals surface area contributed by atoms with E-state index in [1.807, 2.05) is 0 Å². The van der Waals surface area contributed by atoms with Crippen molar-refractivity contribution in [1.29, 1.82) is 0 Å². The number of ether oxygens (including phenoxy) is 6. The fraction of sp³-hybridized carbons (Fsp3) is 0.917. The minimum atomic E-state index is -1.78. The summed E-state index contributed by atoms with van der Waals surface area (Å²) in [5.74, 6) is -2.10. The van der Waals surface area contributed by atoms with Gasteiger partial charge < -0.3 is 84.6 Å². The Hall–Kier alpha value is -1.92. The number of aliphatic carboxylic acids is 1. The van der Waals surface area contributed by atoms with Gasteiger partial charge in [0.1, 0.15) is 67.1 Å². The third-order valence-electron chi connectivity index (χ3n) is 19.4. The molecule has 0 aromatic carbocycles. The summed E-state index contributed by atoms with van der Waals surface area (Å²) in [5.41, 5.74) is -3.35. The molecule has 0 bridgehead atoms. The molecular weight excluding hydrogens is 881 g/mol. The first-order valence-corrected chi connectivity index (χ1v) is 24.5. The highest BCUT2D eigenvalue weighted by Crippen LogP contribution is 2.76. The average Bonchev–Trinajstić information content (AvgIpc) is 3.28. The van der Waals surface area contributed by atoms with E-state index >= 15 is 0 Å². The van der Waals surface area contributed by atoms with Gasteiger partial charge in [-0.3, -0.25) is 9.59 Å². The minimum absolute atomic E-state index is 0.0350. The Labute approximate surface area is 391 Å². The zero-order chi connectivity index (χ0) is 49.1. The highest BCUT2D eigenvalue weighted by atomic mass is 16.7. The van der Waals surface area contributed by atoms with Crippen molar-refractivity contribution in [2.75, 3.05) is 13.2 Å². The maximum atomic E-state index is 14.7. The Bertz CT molecular complexity index is 1860. The van der Waals surface area contributed by atoms with Gasteiger partial charge in [-0.2, -0.15) is 0 Å². The number of aliphatic hydroxyl groups excluding tert-OH is 10. The lowest BCUT2D eigenvalue weighted by molar-refractivity contribution is -0.364. The number of allylic oxidation sites excluding steroid dienone is 1. The van der Waals surface area contributed by atoms with Crippen LogP contribution in [0.3, 0.4) is 0 Å². The van der Waals surface area contributed by atoms with Crippen LogP contribution in [-0.4, -0.2) is 180 Å². The molecule has 7 fully saturated rings. The summed E-state index contributed by atoms with van der Waals surface area (Å²) in [6, 6.07) is 0. The molecule has 0 unspecified atom stereocenters. The van der Waals surface area contributed by atoms with Crippen molar-refractivity contribution in [3.05, 3.63) is 11.6 Å². The predicted octanol–water partition coefficient (Wildman–Crippen LogP) is 0.0887. The second-order valence-corrected chi connectivity index (χ2v) is 22.8. The number of carboxylic acids is 1. The SMILES string of the molecule is C[C@H]1[C@H](C)CC[C@]2(C(=O)O[C@@H]3O[C@H](CO)[C@@H](O)[C@H](O)[C@H]3O)CC[C@]3(C(=O)O)C(=CC[C@@H]4[C@@]5(C)CC[C@H](O[C@@H]6O[C@H](C)[C@H](O[C@@H]7O[C@H](CO)[C@@H](O)[C@H](O)[C@H]7O)[C@H](O)[C@H]6O)C(C)(C)[C@@H]5CC[C@]43C)[C@H]12. The molecule has 0 amide bonds. The molecule has 3 heterocycles. The van der Waals surface area contributed by atoms with Crippen LogP contribution in [0.1, 0.15) is 106 Å². The topological polar surface area (TPSA) is 312 Å². The van der Waals surface area contributed by atoms with Gasteiger partial charge in [0.2, 0.25) is 6.29 Å². The molecule has 0 aromatic heterocycles. The lowest BCUT2D eigenvalue weighted by Gasteiger charge is -2.70. The summed E-state index contributed by atoms with van der Waals surface area (Å²) >= 11 is 0. The number of hydrogen-bond acceptors (Lipinski definition) is 18. The number of fused-ring (bicyclic) bond motifs is 7. The molecule has 67 heavy (non-hydrogen) atoms. The van der Waals surface area contributed by atoms with Crippen LogP contribution in [0.25, 0.3) is 0 Å². The Morgan fingerprint density at radius 3 is 1.85 bits per heavy atom. The maximum absolute atomic E-state index is 14.7. The van der Waals surface area contributed by atoms with Crippen LogP contribution >= 0.6 is 0 Å². The van der Waals surface area contributed by atoms with Gasteiger partial charge in [-0.05, 0) is 111 Å². The zero-order valence-electron chi connectivity index (χ0n) is 39.7. The van der Waals surface area contributed by atoms with Crippen molar-refractivity contribution in [2.45, 2.75) is 204 Å². The van der Waals surface area contributed by atoms with E-state index in [0.717, 1.165) is 5.57 Å². The number of carboxylic acid groups (broad SMARTS) is 1. The van der Waals surface area contributed by atoms with Gasteiger partial charge in [0.25, 0.3) is 0 Å². The summed E-state index contributed by atoms with van der Waals surface area (Å²) in [4.78, 5) is 29.1. The van der Waals surface area contributed by atoms with E-state index in [1.165, 1.54) is 0 Å². The standard InChI is InChI=1S/C48H76O19/c1-20-10-15-47(43(61)67-41-36(57)33(54)31(52)25(19-50)64-41)16-17-48(42(59)60)23(29(47)21(20)2)8-9-27-45(6)13-12-28(44(4,5)26(45)11-14-46(27,48)7)65-39-37(58)34(55)38(22(3)62-39)66-40-35(56)32(53)30(51)24(18-49)63-40/h8,20-22,24-41,49-58H,9-19H2,1-7H3,(H,59,60)/t20-,21+,22-,24-,25-,26+,27-,28+,29+,30-,31-,32+,33+,34-,35-,36-,37-,38+,39+,40+,41+,45+,46-,47+,48-/m1/s1. The van der Waals surface area contributed by atoms with E-state index in [1.54, 1.807) is 6.92 Å². The number of esters is 1. The quantitative estimate of drug-likeness (QED) is 0.0829. The van der Waals surface area contributed by atoms with Crippen molar-refractivity contribution in [1.82, 2.24) is 0 Å². The molecule has 11 N–H and O–H groups in total. The Morgan fingerprint density at radius 2 is 1.24 bits per heavy atom. The molecule has 19 nitrogen and oxygen atoms in total. The molecule has 3 saturated heterocycles. The highest BCUT2D eigenvalue weighted by Gasteiger charge is 2.74.